The number of hydrogen-bond acceptors (Lipinski definition) is 11. The van der Waals surface area contributed by atoms with Crippen molar-refractivity contribution in [2.24, 2.45) is 0 Å². The van der Waals surface area contributed by atoms with Gasteiger partial charge in [-0.1, -0.05) is 6.92 Å². The highest BCUT2D eigenvalue weighted by Crippen LogP contribution is 2.46. The highest BCUT2D eigenvalue weighted by atomic mass is 32.2. The highest BCUT2D eigenvalue weighted by molar-refractivity contribution is 8.00. The second kappa shape index (κ2) is 8.40. The summed E-state index contributed by atoms with van der Waals surface area (Å²) in [6, 6.07) is 0. The van der Waals surface area contributed by atoms with Gasteiger partial charge in [0.05, 0.1) is 19.3 Å². The van der Waals surface area contributed by atoms with Gasteiger partial charge in [0.15, 0.2) is 11.5 Å². The highest BCUT2D eigenvalue weighted by Gasteiger charge is 2.53. The van der Waals surface area contributed by atoms with Gasteiger partial charge >= 0.3 is 7.82 Å². The maximum Gasteiger partial charge on any atom is 0.469 e. The molecule has 164 valence electrons. The Morgan fingerprint density at radius 1 is 1.52 bits per heavy atom. The summed E-state index contributed by atoms with van der Waals surface area (Å²) in [5.74, 6) is 0.527. The minimum Gasteiger partial charge on any atom is -0.395 e. The van der Waals surface area contributed by atoms with Crippen LogP contribution in [0.2, 0.25) is 0 Å². The lowest BCUT2D eigenvalue weighted by Crippen LogP contribution is -2.50. The Morgan fingerprint density at radius 2 is 2.24 bits per heavy atom. The molecule has 1 saturated heterocycles. The quantitative estimate of drug-likeness (QED) is 0.206. The van der Waals surface area contributed by atoms with Gasteiger partial charge in [0.2, 0.25) is 5.95 Å². The molecule has 1 aromatic rings. The number of nitrogens with zero attached hydrogens (tertiary/aromatic N) is 3. The molecular weight excluding hydrogens is 429 g/mol. The topological polar surface area (TPSA) is 195 Å². The smallest absolute Gasteiger partial charge is 0.395 e. The van der Waals surface area contributed by atoms with E-state index >= 15 is 0 Å². The summed E-state index contributed by atoms with van der Waals surface area (Å²) < 4.78 is 23.2. The Balaban J connectivity index is 1.92. The van der Waals surface area contributed by atoms with Crippen LogP contribution in [0.3, 0.4) is 0 Å². The standard InChI is InChI=1S/C14H24N5O8PS/c1-2-14(5-8(21)9(27-14)6-26-28(23,24)25)18-7-19(29-4-3-20)10-11(18)16-13(15)17-12(10)22/h8-9,20-21H,2-7H2,1H3,(H2,23,24,25)(H3,15,16,17,22)/t8-,9+,14+/m0/s1. The van der Waals surface area contributed by atoms with E-state index in [-0.39, 0.29) is 37.1 Å². The van der Waals surface area contributed by atoms with Crippen LogP contribution in [0.15, 0.2) is 4.79 Å². The number of aromatic amines is 1. The Bertz CT molecular complexity index is 852. The van der Waals surface area contributed by atoms with E-state index in [1.165, 1.54) is 11.9 Å². The van der Waals surface area contributed by atoms with E-state index in [9.17, 15) is 14.5 Å². The summed E-state index contributed by atoms with van der Waals surface area (Å²) in [6.45, 7) is 1.40. The van der Waals surface area contributed by atoms with Crippen LogP contribution in [-0.4, -0.2) is 73.5 Å². The van der Waals surface area contributed by atoms with Gasteiger partial charge in [-0.2, -0.15) is 4.98 Å². The number of aromatic nitrogens is 2. The van der Waals surface area contributed by atoms with Gasteiger partial charge < -0.3 is 35.4 Å². The molecule has 3 rings (SSSR count). The molecule has 1 aromatic heterocycles. The number of ether oxygens (including phenoxy) is 1. The van der Waals surface area contributed by atoms with Gasteiger partial charge in [-0.3, -0.25) is 18.6 Å². The van der Waals surface area contributed by atoms with E-state index < -0.39 is 37.9 Å². The van der Waals surface area contributed by atoms with E-state index in [4.69, 9.17) is 25.4 Å². The fourth-order valence-electron chi connectivity index (χ4n) is 3.50. The first-order valence-electron chi connectivity index (χ1n) is 8.85. The molecule has 1 fully saturated rings. The van der Waals surface area contributed by atoms with E-state index in [1.807, 2.05) is 6.92 Å². The fraction of sp³-hybridized carbons (Fsp3) is 0.714. The number of phosphoric acid groups is 1. The average molecular weight is 453 g/mol. The first kappa shape index (κ1) is 22.3. The normalized spacial score (nSPS) is 26.9. The van der Waals surface area contributed by atoms with Crippen LogP contribution < -0.4 is 20.5 Å². The van der Waals surface area contributed by atoms with Gasteiger partial charge in [-0.05, 0) is 18.4 Å². The van der Waals surface area contributed by atoms with Crippen LogP contribution in [0.25, 0.3) is 0 Å². The van der Waals surface area contributed by atoms with Crippen molar-refractivity contribution in [3.05, 3.63) is 10.4 Å². The SMILES string of the molecule is CC[C@]1(N2CN(SCCO)c3c2nc(N)[nH]c3=O)C[C@H](O)[C@@H](COP(=O)(O)O)O1. The zero-order valence-electron chi connectivity index (χ0n) is 15.6. The molecule has 2 aliphatic heterocycles. The molecule has 0 bridgehead atoms. The Labute approximate surface area is 170 Å². The van der Waals surface area contributed by atoms with Crippen molar-refractivity contribution >= 4 is 37.2 Å². The monoisotopic (exact) mass is 453 g/mol. The third-order valence-electron chi connectivity index (χ3n) is 4.79. The van der Waals surface area contributed by atoms with Gasteiger partial charge in [-0.25, -0.2) is 4.57 Å². The lowest BCUT2D eigenvalue weighted by molar-refractivity contribution is -0.0733. The number of phosphoric ester groups is 1. The van der Waals surface area contributed by atoms with Crippen molar-refractivity contribution in [2.45, 2.75) is 37.7 Å². The van der Waals surface area contributed by atoms with Crippen LogP contribution in [0.4, 0.5) is 17.5 Å². The van der Waals surface area contributed by atoms with E-state index in [2.05, 4.69) is 14.5 Å². The number of aliphatic hydroxyl groups is 2. The predicted molar refractivity (Wildman–Crippen MR) is 105 cm³/mol. The molecule has 15 heteroatoms. The maximum atomic E-state index is 12.5. The van der Waals surface area contributed by atoms with E-state index in [1.54, 1.807) is 9.21 Å². The van der Waals surface area contributed by atoms with Crippen molar-refractivity contribution in [3.8, 4) is 0 Å². The number of nitrogens with two attached hydrogens (primary N) is 1. The number of H-pyrrole nitrogens is 1. The minimum absolute atomic E-state index is 0.0843. The van der Waals surface area contributed by atoms with Crippen LogP contribution in [0.5, 0.6) is 0 Å². The largest absolute Gasteiger partial charge is 0.469 e. The fourth-order valence-corrected chi connectivity index (χ4v) is 4.64. The summed E-state index contributed by atoms with van der Waals surface area (Å²) in [6.07, 6.45) is -1.55. The Hall–Kier alpha value is -1.38. The van der Waals surface area contributed by atoms with Crippen LogP contribution in [0, 0.1) is 0 Å². The van der Waals surface area contributed by atoms with Gasteiger partial charge in [0.1, 0.15) is 18.5 Å². The molecule has 2 aliphatic rings. The van der Waals surface area contributed by atoms with Gasteiger partial charge in [0.25, 0.3) is 5.56 Å². The molecule has 0 unspecified atom stereocenters. The number of fused-ring (bicyclic) bond motifs is 1. The maximum absolute atomic E-state index is 12.5. The van der Waals surface area contributed by atoms with Gasteiger partial charge in [0, 0.05) is 12.2 Å². The molecule has 0 radical (unpaired) electrons. The molecule has 0 aromatic carbocycles. The van der Waals surface area contributed by atoms with Crippen LogP contribution in [0.1, 0.15) is 19.8 Å². The number of aliphatic hydroxyl groups excluding tert-OH is 2. The lowest BCUT2D eigenvalue weighted by atomic mass is 10.0. The second-order valence-corrected chi connectivity index (χ2v) is 8.99. The molecule has 0 spiro atoms. The Morgan fingerprint density at radius 3 is 2.86 bits per heavy atom. The Kier molecular flexibility index (Phi) is 6.46. The number of nitrogens with one attached hydrogen (secondary N) is 1. The second-order valence-electron chi connectivity index (χ2n) is 6.64. The zero-order chi connectivity index (χ0) is 21.4. The number of hydrogen-bond donors (Lipinski definition) is 6. The molecule has 7 N–H and O–H groups in total. The summed E-state index contributed by atoms with van der Waals surface area (Å²) in [4.78, 5) is 38.7. The van der Waals surface area contributed by atoms with Crippen LogP contribution >= 0.6 is 19.8 Å². The lowest BCUT2D eigenvalue weighted by Gasteiger charge is -2.38. The first-order valence-corrected chi connectivity index (χ1v) is 11.3. The van der Waals surface area contributed by atoms with Crippen molar-refractivity contribution in [2.75, 3.05) is 40.6 Å². The van der Waals surface area contributed by atoms with Crippen molar-refractivity contribution < 1.29 is 33.8 Å². The summed E-state index contributed by atoms with van der Waals surface area (Å²) in [5, 5.41) is 19.6. The van der Waals surface area contributed by atoms with Gasteiger partial charge in [-0.15, -0.1) is 0 Å². The molecular formula is C14H24N5O8PS. The molecule has 29 heavy (non-hydrogen) atoms. The molecule has 13 nitrogen and oxygen atoms in total. The van der Waals surface area contributed by atoms with E-state index in [0.29, 0.717) is 12.2 Å². The van der Waals surface area contributed by atoms with Crippen LogP contribution in [-0.2, 0) is 13.8 Å². The predicted octanol–water partition coefficient (Wildman–Crippen LogP) is -1.06. The molecule has 0 amide bonds. The first-order chi connectivity index (χ1) is 13.6. The molecule has 0 aliphatic carbocycles. The number of anilines is 3. The van der Waals surface area contributed by atoms with Crippen molar-refractivity contribution in [3.63, 3.8) is 0 Å². The van der Waals surface area contributed by atoms with Crippen molar-refractivity contribution in [1.29, 1.82) is 0 Å². The molecule has 0 saturated carbocycles. The average Bonchev–Trinajstić information content (AvgIpc) is 3.16. The molecule has 3 heterocycles. The summed E-state index contributed by atoms with van der Waals surface area (Å²) >= 11 is 1.23. The van der Waals surface area contributed by atoms with Crippen molar-refractivity contribution in [1.82, 2.24) is 9.97 Å². The summed E-state index contributed by atoms with van der Waals surface area (Å²) in [7, 11) is -4.72. The third-order valence-corrected chi connectivity index (χ3v) is 6.25. The van der Waals surface area contributed by atoms with E-state index in [0.717, 1.165) is 0 Å². The number of nitrogen functional groups attached to an aromatic ring is 1. The minimum atomic E-state index is -4.72. The zero-order valence-corrected chi connectivity index (χ0v) is 17.3. The summed E-state index contributed by atoms with van der Waals surface area (Å²) in [5.41, 5.74) is 4.42. The third kappa shape index (κ3) is 4.54. The number of rotatable bonds is 8. The molecule has 3 atom stereocenters.